The van der Waals surface area contributed by atoms with Crippen LogP contribution in [-0.4, -0.2) is 8.24 Å². The van der Waals surface area contributed by atoms with Crippen LogP contribution in [0.2, 0.25) is 13.1 Å². The van der Waals surface area contributed by atoms with E-state index in [1.54, 1.807) is 0 Å². The quantitative estimate of drug-likeness (QED) is 0.266. The highest BCUT2D eigenvalue weighted by atomic mass is 28.3. The Morgan fingerprint density at radius 1 is 0.815 bits per heavy atom. The molecule has 0 saturated heterocycles. The van der Waals surface area contributed by atoms with E-state index in [1.165, 1.54) is 43.8 Å². The van der Waals surface area contributed by atoms with Crippen LogP contribution in [0, 0.1) is 13.8 Å². The maximum absolute atomic E-state index is 2.71. The van der Waals surface area contributed by atoms with E-state index in [9.17, 15) is 0 Å². The number of para-hydroxylation sites is 3. The van der Waals surface area contributed by atoms with Gasteiger partial charge in [-0.2, -0.15) is 4.57 Å². The molecule has 1 aliphatic heterocycles. The van der Waals surface area contributed by atoms with Crippen LogP contribution in [0.3, 0.4) is 0 Å². The third-order valence-electron chi connectivity index (χ3n) is 6.20. The van der Waals surface area contributed by atoms with Gasteiger partial charge in [-0.15, -0.1) is 0 Å². The molecule has 0 spiro atoms. The van der Waals surface area contributed by atoms with Gasteiger partial charge in [0.1, 0.15) is 0 Å². The predicted molar refractivity (Wildman–Crippen MR) is 117 cm³/mol. The van der Waals surface area contributed by atoms with E-state index < -0.39 is 8.24 Å². The predicted octanol–water partition coefficient (Wildman–Crippen LogP) is 4.79. The zero-order chi connectivity index (χ0) is 18.8. The lowest BCUT2D eigenvalue weighted by molar-refractivity contribution is -0.643. The Labute approximate surface area is 161 Å². The molecule has 2 heterocycles. The zero-order valence-electron chi connectivity index (χ0n) is 16.5. The molecule has 0 unspecified atom stereocenters. The molecule has 0 amide bonds. The van der Waals surface area contributed by atoms with Gasteiger partial charge in [0, 0.05) is 27.7 Å². The van der Waals surface area contributed by atoms with Crippen molar-refractivity contribution < 1.29 is 4.57 Å². The molecular weight excluding hydrogens is 344 g/mol. The summed E-state index contributed by atoms with van der Waals surface area (Å²) < 4.78 is 5.25. The Bertz CT molecular complexity index is 1190. The number of fused-ring (bicyclic) bond motifs is 2. The lowest BCUT2D eigenvalue weighted by atomic mass is 10.1. The summed E-state index contributed by atoms with van der Waals surface area (Å²) in [5, 5.41) is 4.19. The van der Waals surface area contributed by atoms with Crippen molar-refractivity contribution in [1.29, 1.82) is 0 Å². The van der Waals surface area contributed by atoms with Crippen molar-refractivity contribution in [3.63, 3.8) is 0 Å². The van der Waals surface area contributed by atoms with Gasteiger partial charge in [0.25, 0.3) is 0 Å². The average Bonchev–Trinajstić information content (AvgIpc) is 2.65. The van der Waals surface area contributed by atoms with E-state index in [1.807, 2.05) is 0 Å². The van der Waals surface area contributed by atoms with Crippen molar-refractivity contribution >= 4 is 40.9 Å². The van der Waals surface area contributed by atoms with Crippen molar-refractivity contribution in [3.05, 3.63) is 77.9 Å². The maximum Gasteiger partial charge on any atom is 0.218 e. The smallest absolute Gasteiger partial charge is 0.218 e. The van der Waals surface area contributed by atoms with Gasteiger partial charge in [0.2, 0.25) is 17.7 Å². The van der Waals surface area contributed by atoms with Crippen molar-refractivity contribution in [2.24, 2.45) is 0 Å². The van der Waals surface area contributed by atoms with Gasteiger partial charge in [0.15, 0.2) is 8.24 Å². The SMILES string of the molecule is Cc1cccc(C)c1N1C[n+]2c3ccccc3cc3cccc(c32)[Si]1(C)C. The summed E-state index contributed by atoms with van der Waals surface area (Å²) in [6, 6.07) is 24.7. The molecule has 0 saturated carbocycles. The van der Waals surface area contributed by atoms with Crippen LogP contribution in [0.15, 0.2) is 66.7 Å². The first-order chi connectivity index (χ1) is 13.0. The molecule has 3 heteroatoms. The van der Waals surface area contributed by atoms with Gasteiger partial charge >= 0.3 is 0 Å². The summed E-state index contributed by atoms with van der Waals surface area (Å²) in [5.41, 5.74) is 6.89. The Morgan fingerprint density at radius 2 is 1.48 bits per heavy atom. The molecule has 134 valence electrons. The van der Waals surface area contributed by atoms with Gasteiger partial charge in [-0.3, -0.25) is 0 Å². The first kappa shape index (κ1) is 16.5. The van der Waals surface area contributed by atoms with Crippen molar-refractivity contribution in [2.75, 3.05) is 4.57 Å². The number of nitrogens with zero attached hydrogens (tertiary/aromatic N) is 2. The number of hydrogen-bond donors (Lipinski definition) is 0. The number of anilines is 1. The standard InChI is InChI=1S/C24H25N2Si/c1-17-9-7-10-18(2)23(17)26-16-25-21-13-6-5-11-19(21)15-20-12-8-14-22(24(20)25)27(26,3)4/h5-15H,16H2,1-4H3/q+1. The molecule has 0 N–H and O–H groups in total. The lowest BCUT2D eigenvalue weighted by Gasteiger charge is -2.41. The highest BCUT2D eigenvalue weighted by Gasteiger charge is 2.43. The first-order valence-corrected chi connectivity index (χ1v) is 12.6. The number of rotatable bonds is 1. The van der Waals surface area contributed by atoms with E-state index in [0.29, 0.717) is 0 Å². The van der Waals surface area contributed by atoms with Crippen LogP contribution in [0.1, 0.15) is 11.1 Å². The Morgan fingerprint density at radius 3 is 2.26 bits per heavy atom. The Hall–Kier alpha value is -2.65. The largest absolute Gasteiger partial charge is 0.340 e. The molecule has 5 rings (SSSR count). The van der Waals surface area contributed by atoms with Crippen molar-refractivity contribution in [1.82, 2.24) is 0 Å². The molecular formula is C24H25N2Si+. The minimum absolute atomic E-state index is 0.916. The minimum atomic E-state index is -1.85. The monoisotopic (exact) mass is 369 g/mol. The highest BCUT2D eigenvalue weighted by molar-refractivity contribution is 6.94. The van der Waals surface area contributed by atoms with E-state index in [4.69, 9.17) is 0 Å². The molecule has 1 aliphatic rings. The van der Waals surface area contributed by atoms with Crippen LogP contribution in [0.25, 0.3) is 21.8 Å². The third-order valence-corrected chi connectivity index (χ3v) is 9.64. The summed E-state index contributed by atoms with van der Waals surface area (Å²) in [4.78, 5) is 0. The maximum atomic E-state index is 2.71. The summed E-state index contributed by atoms with van der Waals surface area (Å²) in [5.74, 6) is 0. The Kier molecular flexibility index (Phi) is 3.47. The summed E-state index contributed by atoms with van der Waals surface area (Å²) in [6.45, 7) is 10.4. The van der Waals surface area contributed by atoms with Crippen molar-refractivity contribution in [2.45, 2.75) is 33.6 Å². The molecule has 27 heavy (non-hydrogen) atoms. The number of hydrogen-bond acceptors (Lipinski definition) is 1. The fourth-order valence-electron chi connectivity index (χ4n) is 4.81. The molecule has 0 atom stereocenters. The van der Waals surface area contributed by atoms with E-state index >= 15 is 0 Å². The molecule has 0 fully saturated rings. The second-order valence-electron chi connectivity index (χ2n) is 8.24. The fraction of sp³-hybridized carbons (Fsp3) is 0.208. The Balaban J connectivity index is 1.88. The van der Waals surface area contributed by atoms with E-state index in [-0.39, 0.29) is 0 Å². The normalized spacial score (nSPS) is 15.5. The van der Waals surface area contributed by atoms with Crippen LogP contribution in [0.5, 0.6) is 0 Å². The molecule has 0 aliphatic carbocycles. The number of pyridine rings is 1. The topological polar surface area (TPSA) is 7.12 Å². The van der Waals surface area contributed by atoms with Crippen LogP contribution < -0.4 is 14.3 Å². The van der Waals surface area contributed by atoms with Gasteiger partial charge in [-0.25, -0.2) is 0 Å². The zero-order valence-corrected chi connectivity index (χ0v) is 17.5. The van der Waals surface area contributed by atoms with Crippen molar-refractivity contribution in [3.8, 4) is 0 Å². The number of benzene rings is 3. The molecule has 2 nitrogen and oxygen atoms in total. The fourth-order valence-corrected chi connectivity index (χ4v) is 7.87. The van der Waals surface area contributed by atoms with Gasteiger partial charge in [-0.1, -0.05) is 42.5 Å². The summed E-state index contributed by atoms with van der Waals surface area (Å²) >= 11 is 0. The van der Waals surface area contributed by atoms with Crippen LogP contribution in [-0.2, 0) is 6.67 Å². The molecule has 4 aromatic rings. The lowest BCUT2D eigenvalue weighted by Crippen LogP contribution is -2.68. The average molecular weight is 370 g/mol. The van der Waals surface area contributed by atoms with Gasteiger partial charge in [-0.05, 0) is 56.3 Å². The number of aryl methyl sites for hydroxylation is 2. The van der Waals surface area contributed by atoms with Gasteiger partial charge < -0.3 is 4.57 Å². The van der Waals surface area contributed by atoms with E-state index in [2.05, 4.69) is 103 Å². The second-order valence-corrected chi connectivity index (χ2v) is 12.4. The minimum Gasteiger partial charge on any atom is -0.340 e. The first-order valence-electron chi connectivity index (χ1n) is 9.67. The summed E-state index contributed by atoms with van der Waals surface area (Å²) in [6.07, 6.45) is 0. The third kappa shape index (κ3) is 2.28. The molecule has 0 radical (unpaired) electrons. The highest BCUT2D eigenvalue weighted by Crippen LogP contribution is 2.32. The van der Waals surface area contributed by atoms with Gasteiger partial charge in [0.05, 0.1) is 0 Å². The molecule has 0 bridgehead atoms. The molecule has 3 aromatic carbocycles. The molecule has 1 aromatic heterocycles. The van der Waals surface area contributed by atoms with E-state index in [0.717, 1.165) is 6.67 Å². The number of aromatic nitrogens is 1. The summed E-state index contributed by atoms with van der Waals surface area (Å²) in [7, 11) is -1.85. The second kappa shape index (κ2) is 5.67. The van der Waals surface area contributed by atoms with Crippen LogP contribution >= 0.6 is 0 Å². The van der Waals surface area contributed by atoms with Crippen LogP contribution in [0.4, 0.5) is 5.69 Å².